The molecular formula is C21H17BrN4O. The summed E-state index contributed by atoms with van der Waals surface area (Å²) >= 11 is 3.47. The van der Waals surface area contributed by atoms with Crippen LogP contribution in [0.2, 0.25) is 0 Å². The second-order valence-corrected chi connectivity index (χ2v) is 6.91. The van der Waals surface area contributed by atoms with Gasteiger partial charge in [-0.25, -0.2) is 4.68 Å². The fraction of sp³-hybridized carbons (Fsp3) is 0.0476. The van der Waals surface area contributed by atoms with E-state index in [-0.39, 0.29) is 5.91 Å². The number of aromatic nitrogens is 3. The molecule has 0 atom stereocenters. The van der Waals surface area contributed by atoms with Crippen molar-refractivity contribution in [3.05, 3.63) is 94.9 Å². The smallest absolute Gasteiger partial charge is 0.261 e. The number of carbonyl (C=O) groups excluding carboxylic acids is 1. The van der Waals surface area contributed by atoms with E-state index in [2.05, 4.69) is 26.3 Å². The molecule has 0 saturated heterocycles. The summed E-state index contributed by atoms with van der Waals surface area (Å²) in [6.45, 7) is 1.85. The number of amides is 1. The molecule has 1 N–H and O–H groups in total. The Morgan fingerprint density at radius 2 is 1.63 bits per heavy atom. The molecule has 0 bridgehead atoms. The van der Waals surface area contributed by atoms with Gasteiger partial charge in [0.25, 0.3) is 5.91 Å². The highest BCUT2D eigenvalue weighted by Gasteiger charge is 2.24. The third-order valence-electron chi connectivity index (χ3n) is 4.23. The highest BCUT2D eigenvalue weighted by atomic mass is 79.9. The van der Waals surface area contributed by atoms with Gasteiger partial charge in [-0.1, -0.05) is 30.3 Å². The van der Waals surface area contributed by atoms with Crippen molar-refractivity contribution in [3.63, 3.8) is 0 Å². The van der Waals surface area contributed by atoms with Crippen LogP contribution in [-0.4, -0.2) is 20.3 Å². The molecule has 2 heterocycles. The van der Waals surface area contributed by atoms with Crippen molar-refractivity contribution in [1.82, 2.24) is 14.3 Å². The number of rotatable bonds is 4. The van der Waals surface area contributed by atoms with Gasteiger partial charge >= 0.3 is 0 Å². The van der Waals surface area contributed by atoms with Crippen LogP contribution < -0.4 is 5.32 Å². The van der Waals surface area contributed by atoms with Crippen LogP contribution in [0.3, 0.4) is 0 Å². The zero-order chi connectivity index (χ0) is 18.8. The summed E-state index contributed by atoms with van der Waals surface area (Å²) in [5.41, 5.74) is 2.80. The van der Waals surface area contributed by atoms with Gasteiger partial charge < -0.3 is 9.88 Å². The van der Waals surface area contributed by atoms with Crippen LogP contribution >= 0.6 is 15.9 Å². The molecule has 0 aliphatic carbocycles. The topological polar surface area (TPSA) is 51.9 Å². The van der Waals surface area contributed by atoms with Gasteiger partial charge in [0.15, 0.2) is 5.82 Å². The Hall–Kier alpha value is -3.12. The normalized spacial score (nSPS) is 10.7. The largest absolute Gasteiger partial charge is 0.321 e. The Kier molecular flexibility index (Phi) is 4.64. The fourth-order valence-electron chi connectivity index (χ4n) is 2.99. The second-order valence-electron chi connectivity index (χ2n) is 6.06. The number of halogens is 1. The SMILES string of the molecule is Cc1nn(-c2ccccc2)c(-n2cccc2)c1C(=O)Nc1ccccc1Br. The maximum absolute atomic E-state index is 13.1. The molecule has 4 rings (SSSR count). The van der Waals surface area contributed by atoms with Crippen molar-refractivity contribution in [2.24, 2.45) is 0 Å². The van der Waals surface area contributed by atoms with Crippen LogP contribution in [0, 0.1) is 6.92 Å². The van der Waals surface area contributed by atoms with Crippen molar-refractivity contribution >= 4 is 27.5 Å². The highest BCUT2D eigenvalue weighted by molar-refractivity contribution is 9.10. The first-order valence-electron chi connectivity index (χ1n) is 8.49. The van der Waals surface area contributed by atoms with E-state index >= 15 is 0 Å². The number of benzene rings is 2. The van der Waals surface area contributed by atoms with Crippen LogP contribution in [0.5, 0.6) is 0 Å². The number of nitrogens with zero attached hydrogens (tertiary/aromatic N) is 3. The number of hydrogen-bond acceptors (Lipinski definition) is 2. The summed E-state index contributed by atoms with van der Waals surface area (Å²) in [5, 5.41) is 7.63. The first-order valence-corrected chi connectivity index (χ1v) is 9.28. The number of aryl methyl sites for hydroxylation is 1. The van der Waals surface area contributed by atoms with E-state index in [0.717, 1.165) is 10.2 Å². The Morgan fingerprint density at radius 3 is 2.33 bits per heavy atom. The first-order chi connectivity index (χ1) is 13.1. The van der Waals surface area contributed by atoms with E-state index in [1.165, 1.54) is 0 Å². The van der Waals surface area contributed by atoms with E-state index in [0.29, 0.717) is 22.8 Å². The van der Waals surface area contributed by atoms with Gasteiger partial charge in [-0.15, -0.1) is 0 Å². The van der Waals surface area contributed by atoms with Crippen LogP contribution in [0.4, 0.5) is 5.69 Å². The predicted octanol–water partition coefficient (Wildman–Crippen LogP) is 4.99. The number of anilines is 1. The summed E-state index contributed by atoms with van der Waals surface area (Å²) in [4.78, 5) is 13.1. The fourth-order valence-corrected chi connectivity index (χ4v) is 3.38. The average Bonchev–Trinajstić information content (AvgIpc) is 3.31. The van der Waals surface area contributed by atoms with Crippen molar-refractivity contribution < 1.29 is 4.79 Å². The molecule has 6 heteroatoms. The van der Waals surface area contributed by atoms with E-state index in [9.17, 15) is 4.79 Å². The lowest BCUT2D eigenvalue weighted by Gasteiger charge is -2.12. The molecule has 0 radical (unpaired) electrons. The van der Waals surface area contributed by atoms with Crippen LogP contribution in [0.1, 0.15) is 16.1 Å². The summed E-state index contributed by atoms with van der Waals surface area (Å²) in [7, 11) is 0. The van der Waals surface area contributed by atoms with Gasteiger partial charge in [-0.2, -0.15) is 5.10 Å². The van der Waals surface area contributed by atoms with Crippen molar-refractivity contribution in [2.75, 3.05) is 5.32 Å². The number of para-hydroxylation sites is 2. The highest BCUT2D eigenvalue weighted by Crippen LogP contribution is 2.26. The van der Waals surface area contributed by atoms with E-state index in [4.69, 9.17) is 0 Å². The number of carbonyl (C=O) groups is 1. The molecule has 2 aromatic carbocycles. The molecular weight excluding hydrogens is 404 g/mol. The Bertz CT molecular complexity index is 1080. The van der Waals surface area contributed by atoms with Crippen LogP contribution in [-0.2, 0) is 0 Å². The van der Waals surface area contributed by atoms with Crippen molar-refractivity contribution in [2.45, 2.75) is 6.92 Å². The minimum absolute atomic E-state index is 0.203. The standard InChI is InChI=1S/C21H17BrN4O/c1-15-19(20(27)23-18-12-6-5-11-17(18)22)21(25-13-7-8-14-25)26(24-15)16-9-3-2-4-10-16/h2-14H,1H3,(H,23,27). The molecule has 27 heavy (non-hydrogen) atoms. The Balaban J connectivity index is 1.84. The van der Waals surface area contributed by atoms with Gasteiger partial charge in [0.05, 0.1) is 17.1 Å². The van der Waals surface area contributed by atoms with Gasteiger partial charge in [-0.05, 0) is 59.3 Å². The van der Waals surface area contributed by atoms with Crippen LogP contribution in [0.15, 0.2) is 83.6 Å². The van der Waals surface area contributed by atoms with E-state index < -0.39 is 0 Å². The quantitative estimate of drug-likeness (QED) is 0.505. The molecule has 0 saturated carbocycles. The summed E-state index contributed by atoms with van der Waals surface area (Å²) in [6.07, 6.45) is 3.82. The molecule has 0 spiro atoms. The molecule has 5 nitrogen and oxygen atoms in total. The lowest BCUT2D eigenvalue weighted by Crippen LogP contribution is -2.16. The zero-order valence-corrected chi connectivity index (χ0v) is 16.2. The zero-order valence-electron chi connectivity index (χ0n) is 14.6. The molecule has 4 aromatic rings. The molecule has 1 amide bonds. The molecule has 0 aliphatic rings. The number of nitrogens with one attached hydrogen (secondary N) is 1. The van der Waals surface area contributed by atoms with Crippen molar-refractivity contribution in [3.8, 4) is 11.5 Å². The first kappa shape index (κ1) is 17.3. The van der Waals surface area contributed by atoms with Gasteiger partial charge in [-0.3, -0.25) is 4.79 Å². The summed E-state index contributed by atoms with van der Waals surface area (Å²) < 4.78 is 4.53. The predicted molar refractivity (Wildman–Crippen MR) is 110 cm³/mol. The lowest BCUT2D eigenvalue weighted by atomic mass is 10.2. The molecule has 2 aromatic heterocycles. The van der Waals surface area contributed by atoms with Gasteiger partial charge in [0.1, 0.15) is 5.56 Å². The summed E-state index contributed by atoms with van der Waals surface area (Å²) in [5.74, 6) is 0.499. The Labute approximate surface area is 165 Å². The van der Waals surface area contributed by atoms with Crippen molar-refractivity contribution in [1.29, 1.82) is 0 Å². The number of hydrogen-bond donors (Lipinski definition) is 1. The van der Waals surface area contributed by atoms with Crippen LogP contribution in [0.25, 0.3) is 11.5 Å². The molecule has 0 unspecified atom stereocenters. The molecule has 0 fully saturated rings. The lowest BCUT2D eigenvalue weighted by molar-refractivity contribution is 0.102. The third kappa shape index (κ3) is 3.31. The maximum Gasteiger partial charge on any atom is 0.261 e. The van der Waals surface area contributed by atoms with E-state index in [1.807, 2.05) is 90.6 Å². The Morgan fingerprint density at radius 1 is 0.963 bits per heavy atom. The minimum Gasteiger partial charge on any atom is -0.321 e. The minimum atomic E-state index is -0.203. The summed E-state index contributed by atoms with van der Waals surface area (Å²) in [6, 6.07) is 21.2. The molecule has 0 aliphatic heterocycles. The van der Waals surface area contributed by atoms with E-state index in [1.54, 1.807) is 4.68 Å². The third-order valence-corrected chi connectivity index (χ3v) is 4.93. The average molecular weight is 421 g/mol. The van der Waals surface area contributed by atoms with Gasteiger partial charge in [0.2, 0.25) is 0 Å². The molecule has 134 valence electrons. The monoisotopic (exact) mass is 420 g/mol. The van der Waals surface area contributed by atoms with Gasteiger partial charge in [0, 0.05) is 16.9 Å². The maximum atomic E-state index is 13.1. The second kappa shape index (κ2) is 7.25.